The van der Waals surface area contributed by atoms with Gasteiger partial charge in [-0.2, -0.15) is 4.83 Å². The summed E-state index contributed by atoms with van der Waals surface area (Å²) in [5.74, 6) is -0.175. The van der Waals surface area contributed by atoms with Crippen LogP contribution in [0.25, 0.3) is 0 Å². The number of alkyl halides is 1. The number of rotatable bonds is 7. The molecule has 2 unspecified atom stereocenters. The van der Waals surface area contributed by atoms with Crippen LogP contribution in [-0.4, -0.2) is 48.7 Å². The molecule has 2 atom stereocenters. The summed E-state index contributed by atoms with van der Waals surface area (Å²) in [4.78, 5) is 16.7. The Kier molecular flexibility index (Phi) is 8.53. The third-order valence-corrected chi connectivity index (χ3v) is 6.64. The van der Waals surface area contributed by atoms with Crippen LogP contribution < -0.4 is 10.3 Å². The number of hydrazine groups is 1. The normalized spacial score (nSPS) is 19.7. The van der Waals surface area contributed by atoms with E-state index in [-0.39, 0.29) is 25.4 Å². The SMILES string of the molecule is CC(C)(C)OC(=O)N1CC(Cl)N(F)CC1c1ccccc1CNNS(=O)(=O)Cc1ccccc1. The van der Waals surface area contributed by atoms with Crippen LogP contribution in [0.1, 0.15) is 43.5 Å². The largest absolute Gasteiger partial charge is 0.444 e. The fourth-order valence-electron chi connectivity index (χ4n) is 3.64. The molecule has 0 aliphatic carbocycles. The first-order valence-electron chi connectivity index (χ1n) is 10.9. The fourth-order valence-corrected chi connectivity index (χ4v) is 4.86. The second kappa shape index (κ2) is 11.0. The Morgan fingerprint density at radius 3 is 2.44 bits per heavy atom. The van der Waals surface area contributed by atoms with E-state index in [1.54, 1.807) is 69.3 Å². The van der Waals surface area contributed by atoms with Gasteiger partial charge in [0.2, 0.25) is 10.0 Å². The maximum Gasteiger partial charge on any atom is 0.410 e. The Bertz CT molecular complexity index is 1080. The van der Waals surface area contributed by atoms with Crippen molar-refractivity contribution < 1.29 is 22.4 Å². The number of nitrogens with zero attached hydrogens (tertiary/aromatic N) is 2. The van der Waals surface area contributed by atoms with Gasteiger partial charge in [0.05, 0.1) is 24.9 Å². The number of halogens is 2. The Hall–Kier alpha value is -2.24. The predicted octanol–water partition coefficient (Wildman–Crippen LogP) is 3.85. The van der Waals surface area contributed by atoms with E-state index in [1.807, 2.05) is 6.07 Å². The molecule has 0 saturated carbocycles. The van der Waals surface area contributed by atoms with Crippen molar-refractivity contribution in [2.45, 2.75) is 50.2 Å². The molecule has 8 nitrogen and oxygen atoms in total. The predicted molar refractivity (Wildman–Crippen MR) is 129 cm³/mol. The molecule has 1 aliphatic rings. The Balaban J connectivity index is 1.75. The lowest BCUT2D eigenvalue weighted by molar-refractivity contribution is -0.0706. The van der Waals surface area contributed by atoms with Crippen molar-refractivity contribution in [3.05, 3.63) is 71.3 Å². The van der Waals surface area contributed by atoms with Crippen molar-refractivity contribution in [1.29, 1.82) is 0 Å². The number of nitrogens with one attached hydrogen (secondary N) is 2. The minimum Gasteiger partial charge on any atom is -0.444 e. The lowest BCUT2D eigenvalue weighted by Crippen LogP contribution is -2.53. The average Bonchev–Trinajstić information content (AvgIpc) is 2.75. The summed E-state index contributed by atoms with van der Waals surface area (Å²) in [5.41, 5.74) is 3.03. The van der Waals surface area contributed by atoms with Crippen LogP contribution in [0.15, 0.2) is 54.6 Å². The molecule has 2 aromatic rings. The van der Waals surface area contributed by atoms with Gasteiger partial charge in [0.15, 0.2) is 0 Å². The molecular weight excluding hydrogens is 483 g/mol. The molecule has 1 heterocycles. The fraction of sp³-hybridized carbons (Fsp3) is 0.435. The van der Waals surface area contributed by atoms with Gasteiger partial charge in [-0.15, -0.1) is 21.2 Å². The topological polar surface area (TPSA) is 91.0 Å². The second-order valence-corrected chi connectivity index (χ2v) is 11.3. The Morgan fingerprint density at radius 1 is 1.12 bits per heavy atom. The van der Waals surface area contributed by atoms with E-state index in [1.165, 1.54) is 4.90 Å². The van der Waals surface area contributed by atoms with Gasteiger partial charge in [-0.05, 0) is 37.5 Å². The highest BCUT2D eigenvalue weighted by Crippen LogP contribution is 2.32. The third kappa shape index (κ3) is 7.38. The number of benzene rings is 2. The van der Waals surface area contributed by atoms with Gasteiger partial charge in [0, 0.05) is 6.54 Å². The minimum atomic E-state index is -3.63. The first kappa shape index (κ1) is 26.4. The van der Waals surface area contributed by atoms with Crippen molar-refractivity contribution in [3.63, 3.8) is 0 Å². The van der Waals surface area contributed by atoms with E-state index in [0.29, 0.717) is 21.8 Å². The van der Waals surface area contributed by atoms with E-state index in [9.17, 15) is 17.7 Å². The molecule has 11 heteroatoms. The maximum atomic E-state index is 14.4. The van der Waals surface area contributed by atoms with Crippen LogP contribution in [0.2, 0.25) is 0 Å². The van der Waals surface area contributed by atoms with Crippen molar-refractivity contribution in [2.75, 3.05) is 13.1 Å². The Labute approximate surface area is 205 Å². The van der Waals surface area contributed by atoms with Crippen molar-refractivity contribution in [2.24, 2.45) is 0 Å². The van der Waals surface area contributed by atoms with Crippen molar-refractivity contribution >= 4 is 27.7 Å². The highest BCUT2D eigenvalue weighted by Gasteiger charge is 2.39. The number of carbonyl (C=O) groups excluding carboxylic acids is 1. The van der Waals surface area contributed by atoms with Gasteiger partial charge in [0.1, 0.15) is 11.1 Å². The van der Waals surface area contributed by atoms with Gasteiger partial charge in [0.25, 0.3) is 0 Å². The zero-order valence-corrected chi connectivity index (χ0v) is 20.9. The van der Waals surface area contributed by atoms with E-state index in [0.717, 1.165) is 0 Å². The lowest BCUT2D eigenvalue weighted by Gasteiger charge is -2.41. The zero-order valence-electron chi connectivity index (χ0n) is 19.4. The maximum absolute atomic E-state index is 14.4. The standard InChI is InChI=1S/C23H30ClFN4O4S/c1-23(2,3)33-22(30)28-15-21(24)29(25)14-20(28)19-12-8-7-11-18(19)13-26-27-34(31,32)16-17-9-5-4-6-10-17/h4-12,20-21,26-27H,13-16H2,1-3H3. The number of sulfonamides is 1. The number of ether oxygens (including phenoxy) is 1. The van der Waals surface area contributed by atoms with Gasteiger partial charge in [-0.25, -0.2) is 18.6 Å². The van der Waals surface area contributed by atoms with Crippen LogP contribution >= 0.6 is 11.6 Å². The number of carbonyl (C=O) groups is 1. The van der Waals surface area contributed by atoms with Crippen LogP contribution in [-0.2, 0) is 27.1 Å². The molecular formula is C23H30ClFN4O4S. The molecule has 186 valence electrons. The molecule has 0 aromatic heterocycles. The molecule has 1 amide bonds. The molecule has 2 aromatic carbocycles. The molecule has 0 spiro atoms. The van der Waals surface area contributed by atoms with Gasteiger partial charge in [-0.3, -0.25) is 4.90 Å². The van der Waals surface area contributed by atoms with Gasteiger partial charge in [-0.1, -0.05) is 54.6 Å². The first-order valence-corrected chi connectivity index (χ1v) is 12.9. The lowest BCUT2D eigenvalue weighted by atomic mass is 9.97. The van der Waals surface area contributed by atoms with E-state index in [4.69, 9.17) is 16.3 Å². The van der Waals surface area contributed by atoms with E-state index >= 15 is 0 Å². The van der Waals surface area contributed by atoms with Crippen molar-refractivity contribution in [3.8, 4) is 0 Å². The quantitative estimate of drug-likeness (QED) is 0.253. The summed E-state index contributed by atoms with van der Waals surface area (Å²) in [6, 6.07) is 15.3. The molecule has 34 heavy (non-hydrogen) atoms. The number of piperazine rings is 1. The summed E-state index contributed by atoms with van der Waals surface area (Å²) in [6.07, 6.45) is -0.595. The highest BCUT2D eigenvalue weighted by molar-refractivity contribution is 7.88. The van der Waals surface area contributed by atoms with Gasteiger partial charge >= 0.3 is 6.09 Å². The van der Waals surface area contributed by atoms with Crippen LogP contribution in [0.4, 0.5) is 9.28 Å². The van der Waals surface area contributed by atoms with Crippen LogP contribution in [0, 0.1) is 0 Å². The summed E-state index contributed by atoms with van der Waals surface area (Å²) >= 11 is 6.08. The molecule has 0 bridgehead atoms. The third-order valence-electron chi connectivity index (χ3n) is 5.12. The minimum absolute atomic E-state index is 0.0664. The molecule has 1 fully saturated rings. The molecule has 1 aliphatic heterocycles. The summed E-state index contributed by atoms with van der Waals surface area (Å²) in [6.45, 7) is 5.17. The monoisotopic (exact) mass is 512 g/mol. The average molecular weight is 513 g/mol. The molecule has 3 rings (SSSR count). The highest BCUT2D eigenvalue weighted by atomic mass is 35.5. The first-order chi connectivity index (χ1) is 16.0. The Morgan fingerprint density at radius 2 is 1.76 bits per heavy atom. The van der Waals surface area contributed by atoms with Gasteiger partial charge < -0.3 is 4.74 Å². The molecule has 1 saturated heterocycles. The van der Waals surface area contributed by atoms with E-state index < -0.39 is 33.3 Å². The molecule has 2 N–H and O–H groups in total. The number of hydrogen-bond donors (Lipinski definition) is 2. The second-order valence-electron chi connectivity index (χ2n) is 9.06. The number of amides is 1. The number of hydrogen-bond acceptors (Lipinski definition) is 6. The molecule has 0 radical (unpaired) electrons. The van der Waals surface area contributed by atoms with E-state index in [2.05, 4.69) is 10.3 Å². The zero-order chi connectivity index (χ0) is 24.9. The summed E-state index contributed by atoms with van der Waals surface area (Å²) < 4.78 is 44.8. The van der Waals surface area contributed by atoms with Crippen molar-refractivity contribution in [1.82, 2.24) is 20.3 Å². The summed E-state index contributed by atoms with van der Waals surface area (Å²) in [5, 5.41) is 0.486. The smallest absolute Gasteiger partial charge is 0.410 e. The summed E-state index contributed by atoms with van der Waals surface area (Å²) in [7, 11) is -3.63. The van der Waals surface area contributed by atoms with Crippen LogP contribution in [0.3, 0.4) is 0 Å². The van der Waals surface area contributed by atoms with Crippen LogP contribution in [0.5, 0.6) is 0 Å².